The summed E-state index contributed by atoms with van der Waals surface area (Å²) < 4.78 is 6.46. The van der Waals surface area contributed by atoms with Crippen LogP contribution in [0.3, 0.4) is 0 Å². The molecule has 0 saturated heterocycles. The summed E-state index contributed by atoms with van der Waals surface area (Å²) in [6.07, 6.45) is 5.91. The van der Waals surface area contributed by atoms with Crippen molar-refractivity contribution in [1.82, 2.24) is 10.3 Å². The lowest BCUT2D eigenvalue weighted by Gasteiger charge is -2.06. The lowest BCUT2D eigenvalue weighted by atomic mass is 10.3. The molecule has 0 spiro atoms. The van der Waals surface area contributed by atoms with Gasteiger partial charge in [-0.15, -0.1) is 0 Å². The highest BCUT2D eigenvalue weighted by atomic mass is 79.9. The number of rotatable bonds is 7. The number of hydrogen-bond donors (Lipinski definition) is 1. The second-order valence-electron chi connectivity index (χ2n) is 3.29. The summed E-state index contributed by atoms with van der Waals surface area (Å²) in [5.41, 5.74) is 0. The van der Waals surface area contributed by atoms with Crippen LogP contribution in [0.4, 0.5) is 0 Å². The fraction of sp³-hybridized carbons (Fsp3) is 0.545. The predicted molar refractivity (Wildman–Crippen MR) is 65.2 cm³/mol. The predicted octanol–water partition coefficient (Wildman–Crippen LogP) is 2.61. The molecule has 0 atom stereocenters. The third kappa shape index (κ3) is 5.74. The first-order valence-electron chi connectivity index (χ1n) is 5.27. The molecule has 3 nitrogen and oxygen atoms in total. The summed E-state index contributed by atoms with van der Waals surface area (Å²) in [7, 11) is 0. The van der Waals surface area contributed by atoms with Gasteiger partial charge in [-0.1, -0.05) is 13.3 Å². The zero-order chi connectivity index (χ0) is 10.9. The average molecular weight is 273 g/mol. The van der Waals surface area contributed by atoms with Crippen LogP contribution >= 0.6 is 15.9 Å². The van der Waals surface area contributed by atoms with Crippen molar-refractivity contribution in [2.24, 2.45) is 0 Å². The zero-order valence-corrected chi connectivity index (χ0v) is 10.6. The lowest BCUT2D eigenvalue weighted by molar-refractivity contribution is 0.312. The van der Waals surface area contributed by atoms with Gasteiger partial charge >= 0.3 is 0 Å². The standard InChI is InChI=1S/C11H17BrN2O/c1-2-3-4-13-5-6-15-11-7-10(12)8-14-9-11/h7-9,13H,2-6H2,1H3. The van der Waals surface area contributed by atoms with Crippen LogP contribution in [0.2, 0.25) is 0 Å². The van der Waals surface area contributed by atoms with Gasteiger partial charge in [-0.2, -0.15) is 0 Å². The molecule has 1 N–H and O–H groups in total. The van der Waals surface area contributed by atoms with Crippen molar-refractivity contribution in [3.8, 4) is 5.75 Å². The van der Waals surface area contributed by atoms with E-state index in [-0.39, 0.29) is 0 Å². The maximum Gasteiger partial charge on any atom is 0.138 e. The SMILES string of the molecule is CCCCNCCOc1cncc(Br)c1. The first-order chi connectivity index (χ1) is 7.33. The van der Waals surface area contributed by atoms with Crippen LogP contribution in [0.1, 0.15) is 19.8 Å². The topological polar surface area (TPSA) is 34.1 Å². The Morgan fingerprint density at radius 1 is 1.40 bits per heavy atom. The molecule has 1 rings (SSSR count). The molecule has 1 heterocycles. The maximum absolute atomic E-state index is 5.51. The highest BCUT2D eigenvalue weighted by Crippen LogP contribution is 2.15. The van der Waals surface area contributed by atoms with Crippen molar-refractivity contribution in [1.29, 1.82) is 0 Å². The molecule has 0 aromatic carbocycles. The van der Waals surface area contributed by atoms with Gasteiger partial charge in [-0.25, -0.2) is 0 Å². The fourth-order valence-corrected chi connectivity index (χ4v) is 1.48. The number of nitrogens with one attached hydrogen (secondary N) is 1. The monoisotopic (exact) mass is 272 g/mol. The Bertz CT molecular complexity index is 281. The Kier molecular flexibility index (Phi) is 6.36. The number of hydrogen-bond acceptors (Lipinski definition) is 3. The van der Waals surface area contributed by atoms with Crippen molar-refractivity contribution in [3.05, 3.63) is 22.9 Å². The third-order valence-corrected chi connectivity index (χ3v) is 2.37. The molecule has 1 aromatic heterocycles. The molecule has 0 fully saturated rings. The van der Waals surface area contributed by atoms with Crippen molar-refractivity contribution >= 4 is 15.9 Å². The van der Waals surface area contributed by atoms with Gasteiger partial charge in [0.15, 0.2) is 0 Å². The van der Waals surface area contributed by atoms with Crippen LogP contribution in [-0.2, 0) is 0 Å². The number of pyridine rings is 1. The summed E-state index contributed by atoms with van der Waals surface area (Å²) in [6, 6.07) is 1.92. The molecule has 0 aliphatic heterocycles. The van der Waals surface area contributed by atoms with E-state index in [0.717, 1.165) is 23.3 Å². The smallest absolute Gasteiger partial charge is 0.138 e. The van der Waals surface area contributed by atoms with Crippen LogP contribution in [0.15, 0.2) is 22.9 Å². The maximum atomic E-state index is 5.51. The van der Waals surface area contributed by atoms with Gasteiger partial charge in [-0.05, 0) is 35.0 Å². The molecule has 15 heavy (non-hydrogen) atoms. The average Bonchev–Trinajstić information content (AvgIpc) is 2.23. The molecule has 0 unspecified atom stereocenters. The van der Waals surface area contributed by atoms with Gasteiger partial charge in [0.25, 0.3) is 0 Å². The summed E-state index contributed by atoms with van der Waals surface area (Å²) in [5.74, 6) is 0.807. The highest BCUT2D eigenvalue weighted by Gasteiger charge is 1.94. The van der Waals surface area contributed by atoms with Gasteiger partial charge in [0.05, 0.1) is 6.20 Å². The van der Waals surface area contributed by atoms with E-state index in [4.69, 9.17) is 4.74 Å². The van der Waals surface area contributed by atoms with Crippen molar-refractivity contribution in [2.45, 2.75) is 19.8 Å². The molecule has 0 radical (unpaired) electrons. The molecule has 0 aliphatic rings. The van der Waals surface area contributed by atoms with Crippen molar-refractivity contribution < 1.29 is 4.74 Å². The lowest BCUT2D eigenvalue weighted by Crippen LogP contribution is -2.21. The van der Waals surface area contributed by atoms with E-state index in [2.05, 4.69) is 33.2 Å². The summed E-state index contributed by atoms with van der Waals surface area (Å²) in [5, 5.41) is 3.31. The molecule has 4 heteroatoms. The number of nitrogens with zero attached hydrogens (tertiary/aromatic N) is 1. The molecule has 84 valence electrons. The first kappa shape index (κ1) is 12.5. The van der Waals surface area contributed by atoms with Crippen molar-refractivity contribution in [3.63, 3.8) is 0 Å². The van der Waals surface area contributed by atoms with E-state index in [9.17, 15) is 0 Å². The number of unbranched alkanes of at least 4 members (excludes halogenated alkanes) is 1. The van der Waals surface area contributed by atoms with Gasteiger partial charge in [-0.3, -0.25) is 4.98 Å². The fourth-order valence-electron chi connectivity index (χ4n) is 1.14. The molecular weight excluding hydrogens is 256 g/mol. The second-order valence-corrected chi connectivity index (χ2v) is 4.21. The minimum atomic E-state index is 0.682. The van der Waals surface area contributed by atoms with Crippen LogP contribution in [0.25, 0.3) is 0 Å². The van der Waals surface area contributed by atoms with Gasteiger partial charge < -0.3 is 10.1 Å². The highest BCUT2D eigenvalue weighted by molar-refractivity contribution is 9.10. The van der Waals surface area contributed by atoms with E-state index >= 15 is 0 Å². The van der Waals surface area contributed by atoms with Crippen LogP contribution in [0, 0.1) is 0 Å². The number of aromatic nitrogens is 1. The Labute approximate surface area is 99.4 Å². The Morgan fingerprint density at radius 2 is 2.27 bits per heavy atom. The van der Waals surface area contributed by atoms with Crippen molar-refractivity contribution in [2.75, 3.05) is 19.7 Å². The molecule has 1 aromatic rings. The van der Waals surface area contributed by atoms with Gasteiger partial charge in [0.2, 0.25) is 0 Å². The minimum Gasteiger partial charge on any atom is -0.491 e. The quantitative estimate of drug-likeness (QED) is 0.775. The molecular formula is C11H17BrN2O. The van der Waals surface area contributed by atoms with E-state index in [1.807, 2.05) is 6.07 Å². The molecule has 0 aliphatic carbocycles. The summed E-state index contributed by atoms with van der Waals surface area (Å²) >= 11 is 3.35. The van der Waals surface area contributed by atoms with Crippen LogP contribution in [0.5, 0.6) is 5.75 Å². The minimum absolute atomic E-state index is 0.682. The van der Waals surface area contributed by atoms with E-state index < -0.39 is 0 Å². The molecule has 0 saturated carbocycles. The van der Waals surface area contributed by atoms with E-state index in [1.165, 1.54) is 12.8 Å². The number of ether oxygens (including phenoxy) is 1. The Morgan fingerprint density at radius 3 is 3.00 bits per heavy atom. The number of halogens is 1. The van der Waals surface area contributed by atoms with Crippen LogP contribution < -0.4 is 10.1 Å². The van der Waals surface area contributed by atoms with E-state index in [0.29, 0.717) is 6.61 Å². The van der Waals surface area contributed by atoms with Gasteiger partial charge in [0, 0.05) is 17.2 Å². The normalized spacial score (nSPS) is 10.3. The van der Waals surface area contributed by atoms with Gasteiger partial charge in [0.1, 0.15) is 12.4 Å². The summed E-state index contributed by atoms with van der Waals surface area (Å²) in [6.45, 7) is 4.82. The Hall–Kier alpha value is -0.610. The Balaban J connectivity index is 2.10. The second kappa shape index (κ2) is 7.65. The van der Waals surface area contributed by atoms with Crippen LogP contribution in [-0.4, -0.2) is 24.7 Å². The zero-order valence-electron chi connectivity index (χ0n) is 9.00. The molecule has 0 bridgehead atoms. The molecule has 0 amide bonds. The summed E-state index contributed by atoms with van der Waals surface area (Å²) in [4.78, 5) is 4.02. The first-order valence-corrected chi connectivity index (χ1v) is 6.06. The van der Waals surface area contributed by atoms with E-state index in [1.54, 1.807) is 12.4 Å². The third-order valence-electron chi connectivity index (χ3n) is 1.93. The largest absolute Gasteiger partial charge is 0.491 e.